The highest BCUT2D eigenvalue weighted by Crippen LogP contribution is 2.26. The van der Waals surface area contributed by atoms with Crippen LogP contribution in [0, 0.1) is 0 Å². The van der Waals surface area contributed by atoms with Crippen molar-refractivity contribution in [1.29, 1.82) is 0 Å². The Morgan fingerprint density at radius 2 is 2.22 bits per heavy atom. The molecule has 0 fully saturated rings. The molecule has 0 amide bonds. The molecule has 1 atom stereocenters. The van der Waals surface area contributed by atoms with E-state index < -0.39 is 0 Å². The highest BCUT2D eigenvalue weighted by Gasteiger charge is 2.09. The predicted octanol–water partition coefficient (Wildman–Crippen LogP) is 3.84. The molecule has 0 aliphatic rings. The van der Waals surface area contributed by atoms with Gasteiger partial charge < -0.3 is 0 Å². The van der Waals surface area contributed by atoms with E-state index in [0.717, 1.165) is 12.2 Å². The highest BCUT2D eigenvalue weighted by atomic mass is 35.5. The van der Waals surface area contributed by atoms with Gasteiger partial charge in [0.2, 0.25) is 0 Å². The van der Waals surface area contributed by atoms with Crippen LogP contribution >= 0.6 is 22.9 Å². The zero-order valence-corrected chi connectivity index (χ0v) is 11.4. The summed E-state index contributed by atoms with van der Waals surface area (Å²) in [5.74, 6) is 0. The van der Waals surface area contributed by atoms with Gasteiger partial charge in [-0.2, -0.15) is 0 Å². The van der Waals surface area contributed by atoms with Crippen molar-refractivity contribution < 1.29 is 0 Å². The van der Waals surface area contributed by atoms with Crippen LogP contribution in [0.25, 0.3) is 10.1 Å². The molecule has 3 nitrogen and oxygen atoms in total. The molecule has 3 rings (SSSR count). The number of alkyl halides is 1. The van der Waals surface area contributed by atoms with Crippen molar-refractivity contribution in [2.75, 3.05) is 0 Å². The van der Waals surface area contributed by atoms with Crippen LogP contribution in [0.3, 0.4) is 0 Å². The third-order valence-electron chi connectivity index (χ3n) is 2.86. The third kappa shape index (κ3) is 2.13. The average molecular weight is 278 g/mol. The molecule has 0 spiro atoms. The van der Waals surface area contributed by atoms with Crippen molar-refractivity contribution in [3.8, 4) is 0 Å². The summed E-state index contributed by atoms with van der Waals surface area (Å²) in [5, 5.41) is 11.5. The van der Waals surface area contributed by atoms with E-state index >= 15 is 0 Å². The normalized spacial score (nSPS) is 13.0. The zero-order chi connectivity index (χ0) is 12.5. The molecule has 0 saturated heterocycles. The summed E-state index contributed by atoms with van der Waals surface area (Å²) in [6, 6.07) is 8.40. The predicted molar refractivity (Wildman–Crippen MR) is 75.2 cm³/mol. The summed E-state index contributed by atoms with van der Waals surface area (Å²) in [5.41, 5.74) is 2.09. The topological polar surface area (TPSA) is 30.7 Å². The molecule has 0 radical (unpaired) electrons. The Balaban J connectivity index is 1.91. The standard InChI is InChI=1S/C13H12ClN3S/c1-9(14)12-7-17(16-15-12)6-10-8-18-13-5-3-2-4-11(10)13/h2-5,7-9H,6H2,1H3. The zero-order valence-electron chi connectivity index (χ0n) is 9.88. The van der Waals surface area contributed by atoms with Crippen molar-refractivity contribution in [2.24, 2.45) is 0 Å². The smallest absolute Gasteiger partial charge is 0.100 e. The van der Waals surface area contributed by atoms with Gasteiger partial charge in [0.05, 0.1) is 18.1 Å². The lowest BCUT2D eigenvalue weighted by Crippen LogP contribution is -1.99. The minimum atomic E-state index is -0.0991. The largest absolute Gasteiger partial charge is 0.248 e. The average Bonchev–Trinajstić information content (AvgIpc) is 2.98. The Hall–Kier alpha value is -1.39. The SMILES string of the molecule is CC(Cl)c1cn(Cc2csc3ccccc23)nn1. The number of aromatic nitrogens is 3. The maximum atomic E-state index is 5.98. The number of thiophene rings is 1. The molecule has 18 heavy (non-hydrogen) atoms. The van der Waals surface area contributed by atoms with Crippen LogP contribution in [0.4, 0.5) is 0 Å². The van der Waals surface area contributed by atoms with Gasteiger partial charge in [-0.15, -0.1) is 28.0 Å². The van der Waals surface area contributed by atoms with Gasteiger partial charge in [0.1, 0.15) is 5.69 Å². The maximum Gasteiger partial charge on any atom is 0.100 e. The summed E-state index contributed by atoms with van der Waals surface area (Å²) in [6.45, 7) is 2.64. The van der Waals surface area contributed by atoms with E-state index in [1.54, 1.807) is 11.3 Å². The van der Waals surface area contributed by atoms with Crippen molar-refractivity contribution in [3.63, 3.8) is 0 Å². The molecule has 0 bridgehead atoms. The van der Waals surface area contributed by atoms with E-state index in [9.17, 15) is 0 Å². The van der Waals surface area contributed by atoms with E-state index in [1.807, 2.05) is 17.8 Å². The lowest BCUT2D eigenvalue weighted by molar-refractivity contribution is 0.653. The summed E-state index contributed by atoms with van der Waals surface area (Å²) in [4.78, 5) is 0. The van der Waals surface area contributed by atoms with Crippen molar-refractivity contribution in [1.82, 2.24) is 15.0 Å². The molecule has 2 aromatic heterocycles. The maximum absolute atomic E-state index is 5.98. The fourth-order valence-electron chi connectivity index (χ4n) is 1.90. The van der Waals surface area contributed by atoms with Gasteiger partial charge in [-0.3, -0.25) is 0 Å². The Bertz CT molecular complexity index is 671. The molecule has 5 heteroatoms. The second kappa shape index (κ2) is 4.71. The third-order valence-corrected chi connectivity index (χ3v) is 4.09. The molecule has 0 N–H and O–H groups in total. The Morgan fingerprint density at radius 3 is 3.00 bits per heavy atom. The summed E-state index contributed by atoms with van der Waals surface area (Å²) in [7, 11) is 0. The molecular formula is C13H12ClN3S. The first-order chi connectivity index (χ1) is 8.74. The van der Waals surface area contributed by atoms with Gasteiger partial charge in [-0.1, -0.05) is 23.4 Å². The van der Waals surface area contributed by atoms with Gasteiger partial charge in [0, 0.05) is 4.70 Å². The summed E-state index contributed by atoms with van der Waals surface area (Å²) in [6.07, 6.45) is 1.91. The number of hydrogen-bond acceptors (Lipinski definition) is 3. The van der Waals surface area contributed by atoms with E-state index in [4.69, 9.17) is 11.6 Å². The highest BCUT2D eigenvalue weighted by molar-refractivity contribution is 7.17. The van der Waals surface area contributed by atoms with Crippen molar-refractivity contribution in [3.05, 3.63) is 47.1 Å². The monoisotopic (exact) mass is 277 g/mol. The number of hydrogen-bond donors (Lipinski definition) is 0. The molecule has 0 aliphatic heterocycles. The number of benzene rings is 1. The lowest BCUT2D eigenvalue weighted by Gasteiger charge is -1.99. The molecule has 3 aromatic rings. The van der Waals surface area contributed by atoms with E-state index in [-0.39, 0.29) is 5.38 Å². The first-order valence-electron chi connectivity index (χ1n) is 5.73. The lowest BCUT2D eigenvalue weighted by atomic mass is 10.2. The summed E-state index contributed by atoms with van der Waals surface area (Å²) < 4.78 is 3.14. The van der Waals surface area contributed by atoms with Gasteiger partial charge in [-0.05, 0) is 29.3 Å². The Morgan fingerprint density at radius 1 is 1.39 bits per heavy atom. The van der Waals surface area contributed by atoms with E-state index in [2.05, 4.69) is 40.0 Å². The first-order valence-corrected chi connectivity index (χ1v) is 7.05. The van der Waals surface area contributed by atoms with E-state index in [0.29, 0.717) is 0 Å². The first kappa shape index (κ1) is 11.7. The number of nitrogens with zero attached hydrogens (tertiary/aromatic N) is 3. The van der Waals surface area contributed by atoms with Gasteiger partial charge in [-0.25, -0.2) is 4.68 Å². The van der Waals surface area contributed by atoms with Crippen LogP contribution in [0.1, 0.15) is 23.6 Å². The number of fused-ring (bicyclic) bond motifs is 1. The number of rotatable bonds is 3. The van der Waals surface area contributed by atoms with Crippen LogP contribution in [0.5, 0.6) is 0 Å². The van der Waals surface area contributed by atoms with Gasteiger partial charge in [0.15, 0.2) is 0 Å². The van der Waals surface area contributed by atoms with Gasteiger partial charge in [0.25, 0.3) is 0 Å². The van der Waals surface area contributed by atoms with E-state index in [1.165, 1.54) is 15.6 Å². The summed E-state index contributed by atoms with van der Waals surface area (Å²) >= 11 is 7.74. The second-order valence-corrected chi connectivity index (χ2v) is 5.78. The number of halogens is 1. The molecular weight excluding hydrogens is 266 g/mol. The molecule has 92 valence electrons. The molecule has 1 aromatic carbocycles. The molecule has 2 heterocycles. The van der Waals surface area contributed by atoms with Crippen molar-refractivity contribution >= 4 is 33.0 Å². The van der Waals surface area contributed by atoms with Crippen LogP contribution in [-0.4, -0.2) is 15.0 Å². The van der Waals surface area contributed by atoms with Crippen molar-refractivity contribution in [2.45, 2.75) is 18.8 Å². The Labute approximate surface area is 114 Å². The fourth-order valence-corrected chi connectivity index (χ4v) is 2.96. The minimum absolute atomic E-state index is 0.0991. The van der Waals surface area contributed by atoms with Crippen LogP contribution in [-0.2, 0) is 6.54 Å². The van der Waals surface area contributed by atoms with Crippen LogP contribution in [0.15, 0.2) is 35.8 Å². The van der Waals surface area contributed by atoms with Crippen LogP contribution < -0.4 is 0 Å². The molecule has 0 saturated carbocycles. The quantitative estimate of drug-likeness (QED) is 0.681. The second-order valence-electron chi connectivity index (χ2n) is 4.21. The van der Waals surface area contributed by atoms with Gasteiger partial charge >= 0.3 is 0 Å². The minimum Gasteiger partial charge on any atom is -0.248 e. The van der Waals surface area contributed by atoms with Crippen LogP contribution in [0.2, 0.25) is 0 Å². The fraction of sp³-hybridized carbons (Fsp3) is 0.231. The molecule has 1 unspecified atom stereocenters. The molecule has 0 aliphatic carbocycles. The Kier molecular flexibility index (Phi) is 3.06.